The number of rotatable bonds is 11. The van der Waals surface area contributed by atoms with Crippen LogP contribution in [0, 0.1) is 5.41 Å². The average Bonchev–Trinajstić information content (AvgIpc) is 2.24. The van der Waals surface area contributed by atoms with Crippen LogP contribution in [0.3, 0.4) is 0 Å². The minimum absolute atomic E-state index is 0.439. The molecule has 0 unspecified atom stereocenters. The summed E-state index contributed by atoms with van der Waals surface area (Å²) in [5, 5.41) is 0. The largest absolute Gasteiger partial charge is 0.306 e. The molecule has 0 aliphatic heterocycles. The lowest BCUT2D eigenvalue weighted by Gasteiger charge is -2.26. The molecule has 0 amide bonds. The van der Waals surface area contributed by atoms with Crippen LogP contribution in [0.5, 0.6) is 0 Å². The summed E-state index contributed by atoms with van der Waals surface area (Å²) in [6, 6.07) is 0. The summed E-state index contributed by atoms with van der Waals surface area (Å²) in [6.45, 7) is 11.7. The molecule has 18 heavy (non-hydrogen) atoms. The van der Waals surface area contributed by atoms with Gasteiger partial charge in [-0.1, -0.05) is 79.1 Å². The highest BCUT2D eigenvalue weighted by atomic mass is 15.1. The fourth-order valence-electron chi connectivity index (χ4n) is 2.58. The zero-order valence-corrected chi connectivity index (χ0v) is 13.7. The first-order chi connectivity index (χ1) is 8.45. The monoisotopic (exact) mass is 255 g/mol. The van der Waals surface area contributed by atoms with Crippen LogP contribution in [-0.4, -0.2) is 25.0 Å². The standard InChI is InChI=1S/C17H37N/c1-6-7-8-9-10-11-12-13-14-15-18(5)16-17(2,3)4/h6-16H2,1-5H3. The van der Waals surface area contributed by atoms with Crippen molar-refractivity contribution in [2.24, 2.45) is 5.41 Å². The Labute approximate surface area is 116 Å². The van der Waals surface area contributed by atoms with Crippen molar-refractivity contribution in [2.45, 2.75) is 85.5 Å². The van der Waals surface area contributed by atoms with Gasteiger partial charge in [0, 0.05) is 6.54 Å². The summed E-state index contributed by atoms with van der Waals surface area (Å²) in [4.78, 5) is 2.49. The van der Waals surface area contributed by atoms with Gasteiger partial charge >= 0.3 is 0 Å². The fourth-order valence-corrected chi connectivity index (χ4v) is 2.58. The second-order valence-corrected chi connectivity index (χ2v) is 7.13. The number of hydrogen-bond acceptors (Lipinski definition) is 1. The molecule has 0 spiro atoms. The quantitative estimate of drug-likeness (QED) is 0.441. The summed E-state index contributed by atoms with van der Waals surface area (Å²) in [7, 11) is 2.26. The molecular weight excluding hydrogens is 218 g/mol. The van der Waals surface area contributed by atoms with Crippen LogP contribution in [0.4, 0.5) is 0 Å². The molecule has 0 bridgehead atoms. The van der Waals surface area contributed by atoms with Crippen molar-refractivity contribution in [2.75, 3.05) is 20.1 Å². The first-order valence-electron chi connectivity index (χ1n) is 8.14. The van der Waals surface area contributed by atoms with Gasteiger partial charge in [-0.3, -0.25) is 0 Å². The summed E-state index contributed by atoms with van der Waals surface area (Å²) in [5.74, 6) is 0. The fraction of sp³-hybridized carbons (Fsp3) is 1.00. The smallest absolute Gasteiger partial charge is 0.00270 e. The van der Waals surface area contributed by atoms with E-state index in [0.29, 0.717) is 5.41 Å². The van der Waals surface area contributed by atoms with Crippen molar-refractivity contribution in [3.63, 3.8) is 0 Å². The van der Waals surface area contributed by atoms with Crippen LogP contribution >= 0.6 is 0 Å². The van der Waals surface area contributed by atoms with E-state index in [1.54, 1.807) is 0 Å². The molecule has 0 aliphatic carbocycles. The van der Waals surface area contributed by atoms with Gasteiger partial charge in [-0.15, -0.1) is 0 Å². The van der Waals surface area contributed by atoms with Gasteiger partial charge in [-0.25, -0.2) is 0 Å². The van der Waals surface area contributed by atoms with Crippen LogP contribution in [0.15, 0.2) is 0 Å². The molecule has 0 atom stereocenters. The Bertz CT molecular complexity index is 169. The topological polar surface area (TPSA) is 3.24 Å². The molecule has 0 N–H and O–H groups in total. The van der Waals surface area contributed by atoms with Gasteiger partial charge in [-0.2, -0.15) is 0 Å². The predicted octanol–water partition coefficient (Wildman–Crippen LogP) is 5.50. The molecule has 0 aromatic rings. The summed E-state index contributed by atoms with van der Waals surface area (Å²) >= 11 is 0. The summed E-state index contributed by atoms with van der Waals surface area (Å²) in [6.07, 6.45) is 12.8. The summed E-state index contributed by atoms with van der Waals surface area (Å²) < 4.78 is 0. The third-order valence-corrected chi connectivity index (χ3v) is 3.39. The van der Waals surface area contributed by atoms with Crippen molar-refractivity contribution in [3.8, 4) is 0 Å². The Morgan fingerprint density at radius 2 is 1.17 bits per heavy atom. The molecule has 0 radical (unpaired) electrons. The SMILES string of the molecule is CCCCCCCCCCCN(C)CC(C)(C)C. The Morgan fingerprint density at radius 1 is 0.722 bits per heavy atom. The Hall–Kier alpha value is -0.0400. The van der Waals surface area contributed by atoms with Gasteiger partial charge in [0.15, 0.2) is 0 Å². The lowest BCUT2D eigenvalue weighted by Crippen LogP contribution is -2.30. The highest BCUT2D eigenvalue weighted by Gasteiger charge is 2.12. The zero-order chi connectivity index (χ0) is 13.9. The minimum atomic E-state index is 0.439. The van der Waals surface area contributed by atoms with E-state index in [4.69, 9.17) is 0 Å². The lowest BCUT2D eigenvalue weighted by atomic mass is 9.96. The Kier molecular flexibility index (Phi) is 10.8. The van der Waals surface area contributed by atoms with Crippen molar-refractivity contribution in [1.82, 2.24) is 4.90 Å². The lowest BCUT2D eigenvalue weighted by molar-refractivity contribution is 0.223. The van der Waals surface area contributed by atoms with E-state index in [0.717, 1.165) is 0 Å². The third-order valence-electron chi connectivity index (χ3n) is 3.39. The molecule has 0 saturated carbocycles. The highest BCUT2D eigenvalue weighted by molar-refractivity contribution is 4.66. The minimum Gasteiger partial charge on any atom is -0.306 e. The number of unbranched alkanes of at least 4 members (excludes halogenated alkanes) is 8. The van der Waals surface area contributed by atoms with Crippen molar-refractivity contribution in [1.29, 1.82) is 0 Å². The van der Waals surface area contributed by atoms with Gasteiger partial charge in [0.1, 0.15) is 0 Å². The van der Waals surface area contributed by atoms with Crippen LogP contribution < -0.4 is 0 Å². The van der Waals surface area contributed by atoms with Gasteiger partial charge < -0.3 is 4.90 Å². The number of nitrogens with zero attached hydrogens (tertiary/aromatic N) is 1. The molecule has 0 saturated heterocycles. The number of hydrogen-bond donors (Lipinski definition) is 0. The molecule has 1 nitrogen and oxygen atoms in total. The third kappa shape index (κ3) is 14.0. The second kappa shape index (κ2) is 10.8. The second-order valence-electron chi connectivity index (χ2n) is 7.13. The Balaban J connectivity index is 3.20. The molecule has 0 aromatic heterocycles. The van der Waals surface area contributed by atoms with Crippen molar-refractivity contribution >= 4 is 0 Å². The first-order valence-corrected chi connectivity index (χ1v) is 8.14. The molecule has 0 heterocycles. The van der Waals surface area contributed by atoms with E-state index in [9.17, 15) is 0 Å². The van der Waals surface area contributed by atoms with Gasteiger partial charge in [0.2, 0.25) is 0 Å². The van der Waals surface area contributed by atoms with E-state index in [1.165, 1.54) is 70.9 Å². The molecule has 110 valence electrons. The molecule has 0 aromatic carbocycles. The molecular formula is C17H37N. The van der Waals surface area contributed by atoms with Gasteiger partial charge in [-0.05, 0) is 25.4 Å². The first kappa shape index (κ1) is 18.0. The predicted molar refractivity (Wildman–Crippen MR) is 84.2 cm³/mol. The average molecular weight is 255 g/mol. The van der Waals surface area contributed by atoms with Crippen LogP contribution in [0.25, 0.3) is 0 Å². The van der Waals surface area contributed by atoms with Crippen molar-refractivity contribution < 1.29 is 0 Å². The van der Waals surface area contributed by atoms with Crippen molar-refractivity contribution in [3.05, 3.63) is 0 Å². The van der Waals surface area contributed by atoms with E-state index in [-0.39, 0.29) is 0 Å². The van der Waals surface area contributed by atoms with E-state index in [1.807, 2.05) is 0 Å². The molecule has 0 aliphatic rings. The van der Waals surface area contributed by atoms with Crippen LogP contribution in [0.2, 0.25) is 0 Å². The molecule has 0 fully saturated rings. The summed E-state index contributed by atoms with van der Waals surface area (Å²) in [5.41, 5.74) is 0.439. The van der Waals surface area contributed by atoms with E-state index < -0.39 is 0 Å². The normalized spacial score (nSPS) is 12.3. The highest BCUT2D eigenvalue weighted by Crippen LogP contribution is 2.15. The zero-order valence-electron chi connectivity index (χ0n) is 13.7. The van der Waals surface area contributed by atoms with E-state index in [2.05, 4.69) is 39.6 Å². The maximum Gasteiger partial charge on any atom is 0.00270 e. The van der Waals surface area contributed by atoms with Gasteiger partial charge in [0.25, 0.3) is 0 Å². The molecule has 1 heteroatoms. The van der Waals surface area contributed by atoms with Crippen LogP contribution in [-0.2, 0) is 0 Å². The maximum absolute atomic E-state index is 2.49. The van der Waals surface area contributed by atoms with Crippen LogP contribution in [0.1, 0.15) is 85.5 Å². The molecule has 0 rings (SSSR count). The Morgan fingerprint density at radius 3 is 1.61 bits per heavy atom. The van der Waals surface area contributed by atoms with E-state index >= 15 is 0 Å². The van der Waals surface area contributed by atoms with Gasteiger partial charge in [0.05, 0.1) is 0 Å². The maximum atomic E-state index is 2.49.